The zero-order valence-corrected chi connectivity index (χ0v) is 22.5. The molecule has 9 heteroatoms. The van der Waals surface area contributed by atoms with Crippen molar-refractivity contribution in [3.63, 3.8) is 0 Å². The molecule has 4 heterocycles. The molecule has 192 valence electrons. The Hall–Kier alpha value is -2.90. The monoisotopic (exact) mass is 565 g/mol. The summed E-state index contributed by atoms with van der Waals surface area (Å²) in [6, 6.07) is 15.3. The van der Waals surface area contributed by atoms with Crippen molar-refractivity contribution in [2.45, 2.75) is 36.8 Å². The molecule has 4 aliphatic rings. The Kier molecular flexibility index (Phi) is 5.12. The first-order chi connectivity index (χ1) is 18.2. The van der Waals surface area contributed by atoms with E-state index in [9.17, 15) is 14.4 Å². The van der Waals surface area contributed by atoms with E-state index in [0.717, 1.165) is 12.0 Å². The molecule has 0 aliphatic carbocycles. The second-order valence-electron chi connectivity index (χ2n) is 10.5. The van der Waals surface area contributed by atoms with Gasteiger partial charge in [-0.1, -0.05) is 53.0 Å². The normalized spacial score (nSPS) is 28.9. The molecule has 4 atom stereocenters. The number of amides is 2. The van der Waals surface area contributed by atoms with E-state index in [2.05, 4.69) is 15.5 Å². The Labute approximate surface area is 234 Å². The van der Waals surface area contributed by atoms with Crippen molar-refractivity contribution >= 4 is 63.8 Å². The van der Waals surface area contributed by atoms with Crippen LogP contribution < -0.4 is 10.6 Å². The average Bonchev–Trinajstić information content (AvgIpc) is 3.58. The summed E-state index contributed by atoms with van der Waals surface area (Å²) in [6.45, 7) is 2.43. The number of Topliss-reactive ketones (excluding diaryl/α,β-unsaturated/α-hetero) is 1. The maximum atomic E-state index is 14.6. The molecule has 38 heavy (non-hydrogen) atoms. The molecule has 2 saturated heterocycles. The van der Waals surface area contributed by atoms with Gasteiger partial charge in [0.05, 0.1) is 10.9 Å². The minimum atomic E-state index is -1.55. The van der Waals surface area contributed by atoms with Gasteiger partial charge in [-0.05, 0) is 73.8 Å². The second-order valence-corrected chi connectivity index (χ2v) is 11.8. The molecule has 2 fully saturated rings. The third-order valence-corrected chi connectivity index (χ3v) is 9.61. The fraction of sp³-hybridized carbons (Fsp3) is 0.276. The zero-order valence-electron chi connectivity index (χ0n) is 20.3. The van der Waals surface area contributed by atoms with Gasteiger partial charge >= 0.3 is 0 Å². The predicted octanol–water partition coefficient (Wildman–Crippen LogP) is 5.97. The van der Waals surface area contributed by atoms with Crippen molar-refractivity contribution in [2.75, 3.05) is 17.2 Å². The maximum Gasteiger partial charge on any atom is 0.251 e. The number of rotatable bonds is 2. The Bertz CT molecular complexity index is 1610. The fourth-order valence-corrected chi connectivity index (χ4v) is 8.44. The lowest BCUT2D eigenvalue weighted by Gasteiger charge is -2.43. The van der Waals surface area contributed by atoms with Crippen LogP contribution in [0.2, 0.25) is 15.1 Å². The van der Waals surface area contributed by atoms with Crippen LogP contribution in [0.1, 0.15) is 39.9 Å². The molecule has 0 unspecified atom stereocenters. The summed E-state index contributed by atoms with van der Waals surface area (Å²) < 4.78 is 0. The van der Waals surface area contributed by atoms with E-state index in [1.807, 2.05) is 31.2 Å². The SMILES string of the molecule is Cc1cc(Cl)cc2c1NC(=O)[C@@]21N2CCC[C@@H]2[C@@H](C(=O)c2ccc(Cl)cc2Cl)[C@@]12C(=O)Nc1ccccc12. The van der Waals surface area contributed by atoms with E-state index < -0.39 is 16.9 Å². The molecule has 6 nitrogen and oxygen atoms in total. The van der Waals surface area contributed by atoms with E-state index in [0.29, 0.717) is 45.5 Å². The number of nitrogens with zero attached hydrogens (tertiary/aromatic N) is 1. The van der Waals surface area contributed by atoms with Crippen LogP contribution in [0.3, 0.4) is 0 Å². The lowest BCUT2D eigenvalue weighted by atomic mass is 9.57. The minimum absolute atomic E-state index is 0.213. The molecule has 7 rings (SSSR count). The lowest BCUT2D eigenvalue weighted by Crippen LogP contribution is -2.62. The van der Waals surface area contributed by atoms with Gasteiger partial charge in [0, 0.05) is 38.6 Å². The highest BCUT2D eigenvalue weighted by Gasteiger charge is 2.81. The van der Waals surface area contributed by atoms with Crippen LogP contribution in [0.4, 0.5) is 11.4 Å². The number of nitrogens with one attached hydrogen (secondary N) is 2. The number of halogens is 3. The van der Waals surface area contributed by atoms with Crippen LogP contribution in [-0.4, -0.2) is 35.1 Å². The van der Waals surface area contributed by atoms with Gasteiger partial charge in [-0.2, -0.15) is 0 Å². The third-order valence-electron chi connectivity index (χ3n) is 8.85. The molecule has 4 aliphatic heterocycles. The number of ketones is 1. The van der Waals surface area contributed by atoms with Gasteiger partial charge in [-0.15, -0.1) is 0 Å². The van der Waals surface area contributed by atoms with E-state index >= 15 is 0 Å². The molecule has 3 aromatic rings. The Morgan fingerprint density at radius 3 is 2.53 bits per heavy atom. The summed E-state index contributed by atoms with van der Waals surface area (Å²) in [6.07, 6.45) is 1.44. The smallest absolute Gasteiger partial charge is 0.251 e. The van der Waals surface area contributed by atoms with Gasteiger partial charge in [0.25, 0.3) is 5.91 Å². The first-order valence-corrected chi connectivity index (χ1v) is 13.7. The number of hydrogen-bond donors (Lipinski definition) is 2. The van der Waals surface area contributed by atoms with Gasteiger partial charge < -0.3 is 10.6 Å². The number of para-hydroxylation sites is 1. The molecule has 0 aromatic heterocycles. The van der Waals surface area contributed by atoms with Crippen molar-refractivity contribution in [3.8, 4) is 0 Å². The Balaban J connectivity index is 1.61. The van der Waals surface area contributed by atoms with Crippen LogP contribution in [0, 0.1) is 12.8 Å². The molecular formula is C29H22Cl3N3O3. The number of anilines is 2. The van der Waals surface area contributed by atoms with Crippen LogP contribution in [0.5, 0.6) is 0 Å². The van der Waals surface area contributed by atoms with Gasteiger partial charge in [-0.25, -0.2) is 0 Å². The topological polar surface area (TPSA) is 78.5 Å². The van der Waals surface area contributed by atoms with Crippen molar-refractivity contribution in [1.29, 1.82) is 0 Å². The molecule has 0 radical (unpaired) electrons. The second kappa shape index (κ2) is 8.06. The van der Waals surface area contributed by atoms with Crippen molar-refractivity contribution < 1.29 is 14.4 Å². The van der Waals surface area contributed by atoms with Gasteiger partial charge in [0.15, 0.2) is 5.78 Å². The van der Waals surface area contributed by atoms with Gasteiger partial charge in [-0.3, -0.25) is 19.3 Å². The lowest BCUT2D eigenvalue weighted by molar-refractivity contribution is -0.137. The highest BCUT2D eigenvalue weighted by atomic mass is 35.5. The number of carbonyl (C=O) groups is 3. The average molecular weight is 567 g/mol. The Morgan fingerprint density at radius 1 is 0.947 bits per heavy atom. The summed E-state index contributed by atoms with van der Waals surface area (Å²) in [7, 11) is 0. The highest BCUT2D eigenvalue weighted by molar-refractivity contribution is 6.37. The van der Waals surface area contributed by atoms with Gasteiger partial charge in [0.1, 0.15) is 11.0 Å². The first kappa shape index (κ1) is 24.2. The molecule has 2 amide bonds. The molecule has 0 saturated carbocycles. The summed E-state index contributed by atoms with van der Waals surface area (Å²) in [5.41, 5.74) is 0.536. The molecule has 3 aromatic carbocycles. The van der Waals surface area contributed by atoms with Crippen LogP contribution in [0.25, 0.3) is 0 Å². The van der Waals surface area contributed by atoms with Crippen molar-refractivity contribution in [2.24, 2.45) is 5.92 Å². The Morgan fingerprint density at radius 2 is 1.74 bits per heavy atom. The quantitative estimate of drug-likeness (QED) is 0.375. The van der Waals surface area contributed by atoms with Crippen molar-refractivity contribution in [3.05, 3.63) is 91.9 Å². The first-order valence-electron chi connectivity index (χ1n) is 12.5. The van der Waals surface area contributed by atoms with Gasteiger partial charge in [0.2, 0.25) is 5.91 Å². The number of benzene rings is 3. The minimum Gasteiger partial charge on any atom is -0.325 e. The summed E-state index contributed by atoms with van der Waals surface area (Å²) in [5, 5.41) is 7.19. The number of fused-ring (bicyclic) bond motifs is 7. The molecular weight excluding hydrogens is 545 g/mol. The van der Waals surface area contributed by atoms with Crippen molar-refractivity contribution in [1.82, 2.24) is 4.90 Å². The van der Waals surface area contributed by atoms with Crippen LogP contribution >= 0.6 is 34.8 Å². The molecule has 2 N–H and O–H groups in total. The summed E-state index contributed by atoms with van der Waals surface area (Å²) in [5.74, 6) is -1.87. The summed E-state index contributed by atoms with van der Waals surface area (Å²) >= 11 is 19.3. The zero-order chi connectivity index (χ0) is 26.6. The van der Waals surface area contributed by atoms with E-state index in [-0.39, 0.29) is 34.2 Å². The molecule has 2 spiro atoms. The van der Waals surface area contributed by atoms with E-state index in [4.69, 9.17) is 34.8 Å². The standard InChI is InChI=1S/C29H22Cl3N3O3/c1-14-11-16(31)12-19-24(14)34-27(38)29(19)28(18-5-2-3-6-21(18)33-26(28)37)23(22-7-4-10-35(22)29)25(36)17-9-8-15(30)13-20(17)32/h2-3,5-6,8-9,11-13,22-23H,4,7,10H2,1H3,(H,33,37)(H,34,38)/t22-,23+,28+,29+/m1/s1. The van der Waals surface area contributed by atoms with E-state index in [1.165, 1.54) is 6.07 Å². The van der Waals surface area contributed by atoms with E-state index in [1.54, 1.807) is 24.3 Å². The fourth-order valence-electron chi connectivity index (χ4n) is 7.67. The number of aryl methyl sites for hydroxylation is 1. The summed E-state index contributed by atoms with van der Waals surface area (Å²) in [4.78, 5) is 45.7. The maximum absolute atomic E-state index is 14.6. The third kappa shape index (κ3) is 2.71. The highest BCUT2D eigenvalue weighted by Crippen LogP contribution is 2.68. The largest absolute Gasteiger partial charge is 0.325 e. The van der Waals surface area contributed by atoms with Crippen LogP contribution in [-0.2, 0) is 20.5 Å². The van der Waals surface area contributed by atoms with Crippen LogP contribution in [0.15, 0.2) is 54.6 Å². The molecule has 0 bridgehead atoms. The predicted molar refractivity (Wildman–Crippen MR) is 147 cm³/mol. The number of carbonyl (C=O) groups excluding carboxylic acids is 3. The number of hydrogen-bond acceptors (Lipinski definition) is 4.